The van der Waals surface area contributed by atoms with E-state index in [0.29, 0.717) is 17.2 Å². The molecule has 4 rings (SSSR count). The molecule has 0 atom stereocenters. The number of anilines is 1. The molecule has 0 saturated carbocycles. The molecular weight excluding hydrogens is 408 g/mol. The zero-order valence-electron chi connectivity index (χ0n) is 18.2. The number of nitrogens with one attached hydrogen (secondary N) is 1. The topological polar surface area (TPSA) is 85.2 Å². The molecule has 164 valence electrons. The average molecular weight is 432 g/mol. The first-order chi connectivity index (χ1) is 15.5. The predicted molar refractivity (Wildman–Crippen MR) is 123 cm³/mol. The van der Waals surface area contributed by atoms with Crippen LogP contribution in [-0.4, -0.2) is 34.8 Å². The van der Waals surface area contributed by atoms with Crippen molar-refractivity contribution in [2.75, 3.05) is 18.2 Å². The molecule has 2 aromatic carbocycles. The highest BCUT2D eigenvalue weighted by atomic mass is 16.6. The van der Waals surface area contributed by atoms with Crippen LogP contribution < -0.4 is 10.4 Å². The smallest absolute Gasteiger partial charge is 0.435 e. The maximum Gasteiger partial charge on any atom is 0.435 e. The molecule has 0 fully saturated rings. The standard InChI is InChI=1S/C24H24N4O4/c1-4-31-23(29)26-28(24(30)32-5-2)22-21(25-20-13-10-16(3)15-27(20)22)19-12-11-17-8-6-7-9-18(17)14-19/h6-15H,4-5H2,1-3H3,(H,26,29). The third-order valence-corrected chi connectivity index (χ3v) is 4.90. The van der Waals surface area contributed by atoms with Gasteiger partial charge in [0.2, 0.25) is 0 Å². The Morgan fingerprint density at radius 1 is 1.00 bits per heavy atom. The van der Waals surface area contributed by atoms with Crippen molar-refractivity contribution in [1.82, 2.24) is 14.8 Å². The van der Waals surface area contributed by atoms with E-state index in [2.05, 4.69) is 5.43 Å². The lowest BCUT2D eigenvalue weighted by Crippen LogP contribution is -2.48. The number of nitrogens with zero attached hydrogens (tertiary/aromatic N) is 3. The van der Waals surface area contributed by atoms with E-state index < -0.39 is 12.2 Å². The van der Waals surface area contributed by atoms with Gasteiger partial charge in [-0.15, -0.1) is 0 Å². The average Bonchev–Trinajstić information content (AvgIpc) is 3.15. The number of amides is 2. The monoisotopic (exact) mass is 432 g/mol. The minimum absolute atomic E-state index is 0.140. The van der Waals surface area contributed by atoms with Crippen molar-refractivity contribution in [3.8, 4) is 11.3 Å². The number of rotatable bonds is 4. The first-order valence-electron chi connectivity index (χ1n) is 10.4. The van der Waals surface area contributed by atoms with E-state index in [1.165, 1.54) is 0 Å². The number of benzene rings is 2. The number of aryl methyl sites for hydroxylation is 1. The van der Waals surface area contributed by atoms with Crippen LogP contribution in [-0.2, 0) is 9.47 Å². The maximum absolute atomic E-state index is 12.9. The molecule has 1 N–H and O–H groups in total. The summed E-state index contributed by atoms with van der Waals surface area (Å²) in [4.78, 5) is 29.9. The molecule has 0 saturated heterocycles. The number of carbonyl (C=O) groups is 2. The zero-order valence-corrected chi connectivity index (χ0v) is 18.2. The number of ether oxygens (including phenoxy) is 2. The molecule has 0 aliphatic rings. The quantitative estimate of drug-likeness (QED) is 0.454. The summed E-state index contributed by atoms with van der Waals surface area (Å²) in [6, 6.07) is 17.7. The number of carbonyl (C=O) groups excluding carboxylic acids is 2. The molecule has 0 spiro atoms. The van der Waals surface area contributed by atoms with E-state index in [-0.39, 0.29) is 13.2 Å². The Morgan fingerprint density at radius 2 is 1.75 bits per heavy atom. The summed E-state index contributed by atoms with van der Waals surface area (Å²) >= 11 is 0. The molecular formula is C24H24N4O4. The number of hydrazine groups is 1. The number of aromatic nitrogens is 2. The lowest BCUT2D eigenvalue weighted by atomic mass is 10.1. The molecule has 0 aliphatic heterocycles. The van der Waals surface area contributed by atoms with Gasteiger partial charge in [-0.25, -0.2) is 20.0 Å². The summed E-state index contributed by atoms with van der Waals surface area (Å²) in [5, 5.41) is 3.17. The zero-order chi connectivity index (χ0) is 22.7. The van der Waals surface area contributed by atoms with Crippen molar-refractivity contribution in [1.29, 1.82) is 0 Å². The van der Waals surface area contributed by atoms with Crippen LogP contribution in [0, 0.1) is 6.92 Å². The van der Waals surface area contributed by atoms with Crippen molar-refractivity contribution in [2.45, 2.75) is 20.8 Å². The normalized spacial score (nSPS) is 10.8. The number of hydrogen-bond acceptors (Lipinski definition) is 5. The Bertz CT molecular complexity index is 1300. The fraction of sp³-hybridized carbons (Fsp3) is 0.208. The number of fused-ring (bicyclic) bond motifs is 2. The van der Waals surface area contributed by atoms with Gasteiger partial charge in [0, 0.05) is 11.8 Å². The van der Waals surface area contributed by atoms with Crippen molar-refractivity contribution >= 4 is 34.4 Å². The van der Waals surface area contributed by atoms with Gasteiger partial charge in [0.25, 0.3) is 0 Å². The molecule has 0 unspecified atom stereocenters. The van der Waals surface area contributed by atoms with Gasteiger partial charge in [-0.05, 0) is 49.2 Å². The Kier molecular flexibility index (Phi) is 5.93. The fourth-order valence-electron chi connectivity index (χ4n) is 3.51. The summed E-state index contributed by atoms with van der Waals surface area (Å²) in [5.74, 6) is 0.352. The van der Waals surface area contributed by atoms with E-state index >= 15 is 0 Å². The van der Waals surface area contributed by atoms with Crippen LogP contribution in [0.2, 0.25) is 0 Å². The fourth-order valence-corrected chi connectivity index (χ4v) is 3.51. The van der Waals surface area contributed by atoms with Gasteiger partial charge in [0.05, 0.1) is 13.2 Å². The Morgan fingerprint density at radius 3 is 2.50 bits per heavy atom. The second-order valence-corrected chi connectivity index (χ2v) is 7.15. The van der Waals surface area contributed by atoms with E-state index in [4.69, 9.17) is 14.5 Å². The molecule has 4 aromatic rings. The molecule has 8 nitrogen and oxygen atoms in total. The Hall–Kier alpha value is -4.07. The van der Waals surface area contributed by atoms with E-state index in [0.717, 1.165) is 26.9 Å². The van der Waals surface area contributed by atoms with Gasteiger partial charge in [-0.1, -0.05) is 42.5 Å². The van der Waals surface area contributed by atoms with Crippen molar-refractivity contribution < 1.29 is 19.1 Å². The van der Waals surface area contributed by atoms with E-state index in [1.54, 1.807) is 18.2 Å². The number of hydrogen-bond donors (Lipinski definition) is 1. The molecule has 32 heavy (non-hydrogen) atoms. The molecule has 8 heteroatoms. The first kappa shape index (κ1) is 21.2. The summed E-state index contributed by atoms with van der Waals surface area (Å²) < 4.78 is 12.0. The summed E-state index contributed by atoms with van der Waals surface area (Å²) in [7, 11) is 0. The van der Waals surface area contributed by atoms with Crippen LogP contribution in [0.4, 0.5) is 15.4 Å². The van der Waals surface area contributed by atoms with Crippen LogP contribution in [0.15, 0.2) is 60.8 Å². The van der Waals surface area contributed by atoms with E-state index in [1.807, 2.05) is 67.7 Å². The third kappa shape index (κ3) is 4.07. The van der Waals surface area contributed by atoms with E-state index in [9.17, 15) is 9.59 Å². The van der Waals surface area contributed by atoms with Gasteiger partial charge in [-0.3, -0.25) is 4.40 Å². The van der Waals surface area contributed by atoms with Crippen molar-refractivity contribution in [3.63, 3.8) is 0 Å². The van der Waals surface area contributed by atoms with Crippen LogP contribution in [0.1, 0.15) is 19.4 Å². The molecule has 0 aliphatic carbocycles. The molecule has 0 bridgehead atoms. The Balaban J connectivity index is 1.94. The minimum atomic E-state index is -0.771. The van der Waals surface area contributed by atoms with Crippen LogP contribution in [0.5, 0.6) is 0 Å². The predicted octanol–water partition coefficient (Wildman–Crippen LogP) is 5.09. The third-order valence-electron chi connectivity index (χ3n) is 4.90. The van der Waals surface area contributed by atoms with Crippen LogP contribution >= 0.6 is 0 Å². The summed E-state index contributed by atoms with van der Waals surface area (Å²) in [5.41, 5.74) is 5.39. The second-order valence-electron chi connectivity index (χ2n) is 7.15. The number of imidazole rings is 1. The molecule has 0 radical (unpaired) electrons. The first-order valence-corrected chi connectivity index (χ1v) is 10.4. The SMILES string of the molecule is CCOC(=O)NN(C(=O)OCC)c1c(-c2ccc3ccccc3c2)nc2ccc(C)cn12. The Labute approximate surface area is 185 Å². The highest BCUT2D eigenvalue weighted by Gasteiger charge is 2.28. The molecule has 2 aromatic heterocycles. The van der Waals surface area contributed by atoms with Crippen molar-refractivity contribution in [2.24, 2.45) is 0 Å². The van der Waals surface area contributed by atoms with Crippen molar-refractivity contribution in [3.05, 3.63) is 66.4 Å². The summed E-state index contributed by atoms with van der Waals surface area (Å²) in [6.07, 6.45) is 0.333. The van der Waals surface area contributed by atoms with Gasteiger partial charge in [0.15, 0.2) is 5.82 Å². The van der Waals surface area contributed by atoms with Crippen LogP contribution in [0.25, 0.3) is 27.7 Å². The van der Waals surface area contributed by atoms with Gasteiger partial charge >= 0.3 is 12.2 Å². The van der Waals surface area contributed by atoms with Gasteiger partial charge in [-0.2, -0.15) is 5.01 Å². The number of pyridine rings is 1. The highest BCUT2D eigenvalue weighted by Crippen LogP contribution is 2.33. The maximum atomic E-state index is 12.9. The summed E-state index contributed by atoms with van der Waals surface area (Å²) in [6.45, 7) is 5.62. The second kappa shape index (κ2) is 8.97. The molecule has 2 heterocycles. The van der Waals surface area contributed by atoms with Gasteiger partial charge < -0.3 is 9.47 Å². The lowest BCUT2D eigenvalue weighted by molar-refractivity contribution is 0.138. The minimum Gasteiger partial charge on any atom is -0.449 e. The van der Waals surface area contributed by atoms with Crippen LogP contribution in [0.3, 0.4) is 0 Å². The van der Waals surface area contributed by atoms with Gasteiger partial charge in [0.1, 0.15) is 11.3 Å². The lowest BCUT2D eigenvalue weighted by Gasteiger charge is -2.22. The molecule has 2 amide bonds. The largest absolute Gasteiger partial charge is 0.449 e. The highest BCUT2D eigenvalue weighted by molar-refractivity contribution is 5.96.